The zero-order valence-corrected chi connectivity index (χ0v) is 18.0. The van der Waals surface area contributed by atoms with Crippen molar-refractivity contribution in [1.29, 1.82) is 0 Å². The third-order valence-corrected chi connectivity index (χ3v) is 5.15. The maximum atomic E-state index is 6.01. The molecule has 0 aliphatic heterocycles. The van der Waals surface area contributed by atoms with Crippen molar-refractivity contribution in [1.82, 2.24) is 4.98 Å². The molecular weight excluding hydrogens is 360 g/mol. The van der Waals surface area contributed by atoms with Crippen LogP contribution in [-0.2, 0) is 19.4 Å². The lowest BCUT2D eigenvalue weighted by Gasteiger charge is -2.16. The Bertz CT molecular complexity index is 945. The van der Waals surface area contributed by atoms with Crippen molar-refractivity contribution in [3.05, 3.63) is 71.4 Å². The number of anilines is 1. The predicted molar refractivity (Wildman–Crippen MR) is 120 cm³/mol. The predicted octanol–water partition coefficient (Wildman–Crippen LogP) is 5.53. The lowest BCUT2D eigenvalue weighted by molar-refractivity contribution is 0.296. The molecule has 0 aliphatic rings. The number of nitrogens with zero attached hydrogens (tertiary/aromatic N) is 2. The molecule has 2 aromatic carbocycles. The normalized spacial score (nSPS) is 10.7. The van der Waals surface area contributed by atoms with Crippen LogP contribution in [0.25, 0.3) is 11.3 Å². The first-order valence-corrected chi connectivity index (χ1v) is 10.1. The molecule has 0 unspecified atom stereocenters. The van der Waals surface area contributed by atoms with E-state index < -0.39 is 0 Å². The Balaban J connectivity index is 1.88. The van der Waals surface area contributed by atoms with E-state index in [4.69, 9.17) is 14.5 Å². The maximum absolute atomic E-state index is 6.01. The van der Waals surface area contributed by atoms with E-state index in [2.05, 4.69) is 43.0 Å². The van der Waals surface area contributed by atoms with Crippen LogP contribution < -0.4 is 14.4 Å². The smallest absolute Gasteiger partial charge is 0.129 e. The highest BCUT2D eigenvalue weighted by molar-refractivity contribution is 5.69. The molecule has 0 aliphatic carbocycles. The Morgan fingerprint density at radius 3 is 2.21 bits per heavy atom. The van der Waals surface area contributed by atoms with Gasteiger partial charge in [0.25, 0.3) is 0 Å². The number of aryl methyl sites for hydroxylation is 2. The summed E-state index contributed by atoms with van der Waals surface area (Å²) < 4.78 is 11.7. The van der Waals surface area contributed by atoms with Gasteiger partial charge >= 0.3 is 0 Å². The fourth-order valence-electron chi connectivity index (χ4n) is 3.48. The Morgan fingerprint density at radius 1 is 0.897 bits per heavy atom. The molecule has 0 radical (unpaired) electrons. The Labute approximate surface area is 174 Å². The van der Waals surface area contributed by atoms with Crippen LogP contribution in [0.4, 0.5) is 5.69 Å². The van der Waals surface area contributed by atoms with Crippen molar-refractivity contribution in [3.63, 3.8) is 0 Å². The fraction of sp³-hybridized carbons (Fsp3) is 0.320. The van der Waals surface area contributed by atoms with E-state index in [0.29, 0.717) is 6.61 Å². The molecule has 29 heavy (non-hydrogen) atoms. The molecular formula is C25H30N2O2. The van der Waals surface area contributed by atoms with Crippen LogP contribution in [0.5, 0.6) is 11.5 Å². The molecule has 3 rings (SSSR count). The second kappa shape index (κ2) is 9.46. The van der Waals surface area contributed by atoms with Gasteiger partial charge in [-0.3, -0.25) is 4.98 Å². The standard InChI is InChI=1S/C25H30N2O2/c1-6-18-10-8-11-19(7-2)25(18)23-15-24(28-5)20(16-26-23)17-29-22-13-9-12-21(14-22)27(3)4/h8-16H,6-7,17H2,1-5H3. The number of pyridine rings is 1. The van der Waals surface area contributed by atoms with Gasteiger partial charge in [0.15, 0.2) is 0 Å². The molecule has 3 aromatic rings. The summed E-state index contributed by atoms with van der Waals surface area (Å²) in [4.78, 5) is 6.82. The van der Waals surface area contributed by atoms with E-state index in [9.17, 15) is 0 Å². The second-order valence-electron chi connectivity index (χ2n) is 7.22. The van der Waals surface area contributed by atoms with Crippen molar-refractivity contribution in [2.75, 3.05) is 26.1 Å². The van der Waals surface area contributed by atoms with Gasteiger partial charge in [0.2, 0.25) is 0 Å². The Hall–Kier alpha value is -3.01. The summed E-state index contributed by atoms with van der Waals surface area (Å²) in [7, 11) is 5.73. The van der Waals surface area contributed by atoms with Crippen molar-refractivity contribution < 1.29 is 9.47 Å². The van der Waals surface area contributed by atoms with Gasteiger partial charge in [0.1, 0.15) is 18.1 Å². The summed E-state index contributed by atoms with van der Waals surface area (Å²) in [6.45, 7) is 4.77. The minimum atomic E-state index is 0.406. The second-order valence-corrected chi connectivity index (χ2v) is 7.22. The third-order valence-electron chi connectivity index (χ3n) is 5.15. The molecule has 0 bridgehead atoms. The number of hydrogen-bond acceptors (Lipinski definition) is 4. The van der Waals surface area contributed by atoms with Crippen LogP contribution in [0.15, 0.2) is 54.7 Å². The first kappa shape index (κ1) is 20.7. The Kier molecular flexibility index (Phi) is 6.76. The van der Waals surface area contributed by atoms with E-state index in [1.165, 1.54) is 16.7 Å². The number of rotatable bonds is 8. The number of hydrogen-bond donors (Lipinski definition) is 0. The monoisotopic (exact) mass is 390 g/mol. The average molecular weight is 391 g/mol. The van der Waals surface area contributed by atoms with Crippen molar-refractivity contribution >= 4 is 5.69 Å². The Morgan fingerprint density at radius 2 is 1.59 bits per heavy atom. The van der Waals surface area contributed by atoms with E-state index in [-0.39, 0.29) is 0 Å². The number of aromatic nitrogens is 1. The zero-order valence-electron chi connectivity index (χ0n) is 18.0. The molecule has 1 aromatic heterocycles. The summed E-state index contributed by atoms with van der Waals surface area (Å²) >= 11 is 0. The molecule has 152 valence electrons. The highest BCUT2D eigenvalue weighted by atomic mass is 16.5. The van der Waals surface area contributed by atoms with Crippen LogP contribution in [0.1, 0.15) is 30.5 Å². The highest BCUT2D eigenvalue weighted by Gasteiger charge is 2.14. The number of methoxy groups -OCH3 is 1. The maximum Gasteiger partial charge on any atom is 0.129 e. The van der Waals surface area contributed by atoms with Crippen molar-refractivity contribution in [2.24, 2.45) is 0 Å². The summed E-state index contributed by atoms with van der Waals surface area (Å²) in [5.41, 5.74) is 6.83. The van der Waals surface area contributed by atoms with Crippen LogP contribution in [0.3, 0.4) is 0 Å². The summed E-state index contributed by atoms with van der Waals surface area (Å²) in [5.74, 6) is 1.62. The van der Waals surface area contributed by atoms with E-state index in [0.717, 1.165) is 41.3 Å². The topological polar surface area (TPSA) is 34.6 Å². The van der Waals surface area contributed by atoms with E-state index in [1.54, 1.807) is 7.11 Å². The van der Waals surface area contributed by atoms with Gasteiger partial charge < -0.3 is 14.4 Å². The largest absolute Gasteiger partial charge is 0.496 e. The zero-order chi connectivity index (χ0) is 20.8. The number of benzene rings is 2. The molecule has 0 spiro atoms. The van der Waals surface area contributed by atoms with Gasteiger partial charge in [0, 0.05) is 49.2 Å². The molecule has 4 heteroatoms. The van der Waals surface area contributed by atoms with Crippen LogP contribution in [0.2, 0.25) is 0 Å². The number of ether oxygens (including phenoxy) is 2. The minimum absolute atomic E-state index is 0.406. The minimum Gasteiger partial charge on any atom is -0.496 e. The van der Waals surface area contributed by atoms with Crippen molar-refractivity contribution in [3.8, 4) is 22.8 Å². The lowest BCUT2D eigenvalue weighted by Crippen LogP contribution is -2.08. The van der Waals surface area contributed by atoms with E-state index >= 15 is 0 Å². The van der Waals surface area contributed by atoms with Crippen molar-refractivity contribution in [2.45, 2.75) is 33.3 Å². The molecule has 0 saturated heterocycles. The SMILES string of the molecule is CCc1cccc(CC)c1-c1cc(OC)c(COc2cccc(N(C)C)c2)cn1. The van der Waals surface area contributed by atoms with Gasteiger partial charge in [-0.1, -0.05) is 38.1 Å². The van der Waals surface area contributed by atoms with Gasteiger partial charge in [-0.05, 0) is 36.1 Å². The summed E-state index contributed by atoms with van der Waals surface area (Å²) in [6, 6.07) is 16.6. The molecule has 1 heterocycles. The first-order valence-electron chi connectivity index (χ1n) is 10.1. The summed E-state index contributed by atoms with van der Waals surface area (Å²) in [5, 5.41) is 0. The average Bonchev–Trinajstić information content (AvgIpc) is 2.77. The van der Waals surface area contributed by atoms with Gasteiger partial charge in [-0.15, -0.1) is 0 Å². The molecule has 0 saturated carbocycles. The van der Waals surface area contributed by atoms with Gasteiger partial charge in [-0.25, -0.2) is 0 Å². The lowest BCUT2D eigenvalue weighted by atomic mass is 9.94. The molecule has 4 nitrogen and oxygen atoms in total. The van der Waals surface area contributed by atoms with E-state index in [1.807, 2.05) is 44.6 Å². The molecule has 0 atom stereocenters. The third kappa shape index (κ3) is 4.70. The quantitative estimate of drug-likeness (QED) is 0.507. The molecule has 0 fully saturated rings. The fourth-order valence-corrected chi connectivity index (χ4v) is 3.48. The van der Waals surface area contributed by atoms with Crippen LogP contribution >= 0.6 is 0 Å². The van der Waals surface area contributed by atoms with Crippen LogP contribution in [-0.4, -0.2) is 26.2 Å². The highest BCUT2D eigenvalue weighted by Crippen LogP contribution is 2.31. The molecule has 0 amide bonds. The van der Waals surface area contributed by atoms with Gasteiger partial charge in [0.05, 0.1) is 12.8 Å². The molecule has 0 N–H and O–H groups in total. The first-order chi connectivity index (χ1) is 14.1. The summed E-state index contributed by atoms with van der Waals surface area (Å²) in [6.07, 6.45) is 3.82. The van der Waals surface area contributed by atoms with Crippen LogP contribution in [0, 0.1) is 0 Å². The van der Waals surface area contributed by atoms with Gasteiger partial charge in [-0.2, -0.15) is 0 Å².